The summed E-state index contributed by atoms with van der Waals surface area (Å²) >= 11 is 0. The third kappa shape index (κ3) is 6.58. The van der Waals surface area contributed by atoms with Gasteiger partial charge in [0.1, 0.15) is 47.5 Å². The van der Waals surface area contributed by atoms with E-state index in [0.29, 0.717) is 30.6 Å². The van der Waals surface area contributed by atoms with E-state index in [9.17, 15) is 40.5 Å². The summed E-state index contributed by atoms with van der Waals surface area (Å²) in [6.07, 6.45) is -10.1. The zero-order valence-electron chi connectivity index (χ0n) is 27.9. The highest BCUT2D eigenvalue weighted by atomic mass is 16.7. The van der Waals surface area contributed by atoms with Gasteiger partial charge < -0.3 is 63.8 Å². The van der Waals surface area contributed by atoms with Gasteiger partial charge in [-0.15, -0.1) is 0 Å². The van der Waals surface area contributed by atoms with Gasteiger partial charge in [0.05, 0.1) is 38.6 Å². The zero-order valence-corrected chi connectivity index (χ0v) is 27.9. The van der Waals surface area contributed by atoms with Crippen LogP contribution in [0, 0.1) is 22.7 Å². The van der Waals surface area contributed by atoms with Crippen molar-refractivity contribution in [3.05, 3.63) is 52.9 Å². The molecule has 0 unspecified atom stereocenters. The van der Waals surface area contributed by atoms with Gasteiger partial charge in [-0.25, -0.2) is 4.79 Å². The van der Waals surface area contributed by atoms with Gasteiger partial charge in [-0.05, 0) is 54.2 Å². The van der Waals surface area contributed by atoms with E-state index in [1.54, 1.807) is 12.1 Å². The average molecular weight is 693 g/mol. The Kier molecular flexibility index (Phi) is 10.1. The van der Waals surface area contributed by atoms with Gasteiger partial charge in [0.2, 0.25) is 0 Å². The third-order valence-corrected chi connectivity index (χ3v) is 11.4. The molecule has 2 aliphatic carbocycles. The Morgan fingerprint density at radius 2 is 1.71 bits per heavy atom. The van der Waals surface area contributed by atoms with Crippen LogP contribution in [0.5, 0.6) is 5.75 Å². The lowest BCUT2D eigenvalue weighted by Gasteiger charge is -2.61. The molecule has 272 valence electrons. The molecule has 3 heterocycles. The maximum absolute atomic E-state index is 11.7. The van der Waals surface area contributed by atoms with Gasteiger partial charge in [0.25, 0.3) is 0 Å². The number of rotatable bonds is 9. The quantitative estimate of drug-likeness (QED) is 0.106. The molecule has 6 rings (SSSR count). The molecule has 0 spiro atoms. The Balaban J connectivity index is 1.14. The highest BCUT2D eigenvalue weighted by molar-refractivity contribution is 5.77. The van der Waals surface area contributed by atoms with Crippen molar-refractivity contribution in [2.75, 3.05) is 26.4 Å². The molecular formula is C35H48O14. The average Bonchev–Trinajstić information content (AvgIpc) is 3.34. The monoisotopic (exact) mass is 692 g/mol. The summed E-state index contributed by atoms with van der Waals surface area (Å²) in [5.41, 5.74) is -2.21. The molecule has 1 aromatic heterocycles. The largest absolute Gasteiger partial charge is 0.493 e. The van der Waals surface area contributed by atoms with E-state index < -0.39 is 90.6 Å². The van der Waals surface area contributed by atoms with Gasteiger partial charge in [0.15, 0.2) is 12.6 Å². The summed E-state index contributed by atoms with van der Waals surface area (Å²) in [5.74, 6) is 0.110. The van der Waals surface area contributed by atoms with Crippen molar-refractivity contribution in [3.8, 4) is 5.75 Å². The molecule has 2 aromatic rings. The molecule has 2 aliphatic heterocycles. The molecule has 1 aromatic carbocycles. The van der Waals surface area contributed by atoms with Crippen molar-refractivity contribution in [3.63, 3.8) is 0 Å². The van der Waals surface area contributed by atoms with Crippen molar-refractivity contribution >= 4 is 11.0 Å². The first-order chi connectivity index (χ1) is 23.1. The number of aliphatic hydroxyl groups is 7. The van der Waals surface area contributed by atoms with Gasteiger partial charge in [-0.3, -0.25) is 0 Å². The molecule has 7 N–H and O–H groups in total. The van der Waals surface area contributed by atoms with Gasteiger partial charge in [-0.2, -0.15) is 0 Å². The van der Waals surface area contributed by atoms with Crippen LogP contribution in [0.1, 0.15) is 40.0 Å². The zero-order chi connectivity index (χ0) is 35.5. The first-order valence-electron chi connectivity index (χ1n) is 16.7. The molecule has 4 aliphatic rings. The minimum atomic E-state index is -1.91. The predicted molar refractivity (Wildman–Crippen MR) is 171 cm³/mol. The Bertz CT molecular complexity index is 1560. The molecule has 49 heavy (non-hydrogen) atoms. The van der Waals surface area contributed by atoms with E-state index in [1.807, 2.05) is 26.0 Å². The molecule has 4 fully saturated rings. The smallest absolute Gasteiger partial charge is 0.336 e. The lowest BCUT2D eigenvalue weighted by Crippen LogP contribution is -2.64. The van der Waals surface area contributed by atoms with Crippen LogP contribution < -0.4 is 10.4 Å². The van der Waals surface area contributed by atoms with Crippen molar-refractivity contribution in [2.45, 2.75) is 101 Å². The highest BCUT2D eigenvalue weighted by Gasteiger charge is 2.61. The number of benzene rings is 1. The summed E-state index contributed by atoms with van der Waals surface area (Å²) < 4.78 is 34.7. The number of ether oxygens (including phenoxy) is 5. The normalized spacial score (nSPS) is 42.2. The minimum absolute atomic E-state index is 0.133. The van der Waals surface area contributed by atoms with Crippen LogP contribution in [0.15, 0.2) is 51.7 Å². The van der Waals surface area contributed by atoms with Crippen LogP contribution in [-0.4, -0.2) is 123 Å². The second-order valence-corrected chi connectivity index (χ2v) is 14.9. The van der Waals surface area contributed by atoms with Crippen molar-refractivity contribution < 1.29 is 63.8 Å². The third-order valence-electron chi connectivity index (χ3n) is 11.4. The SMILES string of the molecule is C=C1C[C@H](O)[C@@H]2C(C)(C)[C@H](O[C@@H]3O[C@H](CO[C@@H]4OC[C@](O)(CO)[C@H]4O)[C@@H](O)[C@H](O)[C@H]3O)CC[C@@]2(C)[C@@H]1COc1ccc2ccc(=O)oc2c1. The molecule has 13 atom stereocenters. The fourth-order valence-electron chi connectivity index (χ4n) is 8.66. The van der Waals surface area contributed by atoms with Crippen LogP contribution in [0.2, 0.25) is 0 Å². The molecule has 14 heteroatoms. The minimum Gasteiger partial charge on any atom is -0.493 e. The Morgan fingerprint density at radius 3 is 2.43 bits per heavy atom. The van der Waals surface area contributed by atoms with E-state index in [-0.39, 0.29) is 25.0 Å². The predicted octanol–water partition coefficient (Wildman–Crippen LogP) is 0.201. The van der Waals surface area contributed by atoms with Crippen LogP contribution >= 0.6 is 0 Å². The second kappa shape index (κ2) is 13.6. The maximum Gasteiger partial charge on any atom is 0.336 e. The van der Waals surface area contributed by atoms with Crippen LogP contribution in [-0.2, 0) is 18.9 Å². The first-order valence-corrected chi connectivity index (χ1v) is 16.7. The summed E-state index contributed by atoms with van der Waals surface area (Å²) in [6.45, 7) is 9.18. The standard InChI is InChI=1S/C35H48O14/c1-17-11-21(37)29-33(2,3)24(9-10-34(29,4)20(17)13-44-19-7-5-18-6-8-25(38)47-22(18)12-19)49-31-28(41)27(40)26(39)23(48-31)14-45-32-30(42)35(43,15-36)16-46-32/h5-8,12,20-21,23-24,26-32,36-37,39-43H,1,9-11,13-16H2,2-4H3/t20-,21+,23-,24-,26-,27+,28-,29-,30+,31+,32-,34+,35-/m1/s1. The number of fused-ring (bicyclic) bond motifs is 2. The number of aliphatic hydroxyl groups excluding tert-OH is 6. The van der Waals surface area contributed by atoms with Gasteiger partial charge >= 0.3 is 5.63 Å². The topological polar surface area (TPSA) is 218 Å². The summed E-state index contributed by atoms with van der Waals surface area (Å²) in [6, 6.07) is 8.37. The Morgan fingerprint density at radius 1 is 0.980 bits per heavy atom. The van der Waals surface area contributed by atoms with Gasteiger partial charge in [0, 0.05) is 23.4 Å². The van der Waals surface area contributed by atoms with Crippen LogP contribution in [0.3, 0.4) is 0 Å². The highest BCUT2D eigenvalue weighted by Crippen LogP contribution is 2.61. The maximum atomic E-state index is 11.7. The molecule has 0 amide bonds. The summed E-state index contributed by atoms with van der Waals surface area (Å²) in [7, 11) is 0. The molecule has 2 saturated heterocycles. The van der Waals surface area contributed by atoms with E-state index in [1.165, 1.54) is 6.07 Å². The van der Waals surface area contributed by atoms with Crippen molar-refractivity contribution in [2.24, 2.45) is 22.7 Å². The fraction of sp³-hybridized carbons (Fsp3) is 0.686. The first kappa shape index (κ1) is 36.3. The lowest BCUT2D eigenvalue weighted by molar-refractivity contribution is -0.335. The second-order valence-electron chi connectivity index (χ2n) is 14.9. The number of hydrogen-bond donors (Lipinski definition) is 7. The molecule has 2 saturated carbocycles. The van der Waals surface area contributed by atoms with Crippen molar-refractivity contribution in [1.82, 2.24) is 0 Å². The van der Waals surface area contributed by atoms with E-state index in [2.05, 4.69) is 13.5 Å². The van der Waals surface area contributed by atoms with Crippen molar-refractivity contribution in [1.29, 1.82) is 0 Å². The lowest BCUT2D eigenvalue weighted by atomic mass is 9.46. The molecule has 14 nitrogen and oxygen atoms in total. The number of hydrogen-bond acceptors (Lipinski definition) is 14. The van der Waals surface area contributed by atoms with E-state index in [0.717, 1.165) is 11.0 Å². The van der Waals surface area contributed by atoms with Gasteiger partial charge in [-0.1, -0.05) is 32.9 Å². The molecule has 0 bridgehead atoms. The van der Waals surface area contributed by atoms with Crippen LogP contribution in [0.4, 0.5) is 0 Å². The van der Waals surface area contributed by atoms with E-state index in [4.69, 9.17) is 28.1 Å². The van der Waals surface area contributed by atoms with E-state index >= 15 is 0 Å². The summed E-state index contributed by atoms with van der Waals surface area (Å²) in [5, 5.41) is 74.5. The molecular weight excluding hydrogens is 644 g/mol. The molecule has 0 radical (unpaired) electrons. The Hall–Kier alpha value is -2.47. The van der Waals surface area contributed by atoms with Crippen LogP contribution in [0.25, 0.3) is 11.0 Å². The Labute approximate surface area is 283 Å². The summed E-state index contributed by atoms with van der Waals surface area (Å²) in [4.78, 5) is 11.7. The fourth-order valence-corrected chi connectivity index (χ4v) is 8.66.